The molecule has 248 valence electrons. The third-order valence-electron chi connectivity index (χ3n) is 6.80. The molecule has 0 unspecified atom stereocenters. The lowest BCUT2D eigenvalue weighted by Crippen LogP contribution is -2.47. The van der Waals surface area contributed by atoms with Crippen LogP contribution in [0.15, 0.2) is 70.5 Å². The number of aliphatic hydroxyl groups is 1. The molecule has 2 atom stereocenters. The van der Waals surface area contributed by atoms with E-state index < -0.39 is 65.3 Å². The van der Waals surface area contributed by atoms with Crippen LogP contribution in [0.3, 0.4) is 0 Å². The van der Waals surface area contributed by atoms with Crippen LogP contribution in [0.25, 0.3) is 0 Å². The molecule has 0 aliphatic carbocycles. The van der Waals surface area contributed by atoms with Crippen molar-refractivity contribution in [3.8, 4) is 11.5 Å². The molecule has 4 rings (SSSR count). The van der Waals surface area contributed by atoms with E-state index in [2.05, 4.69) is 15.4 Å². The summed E-state index contributed by atoms with van der Waals surface area (Å²) in [6.07, 6.45) is -1.57. The van der Waals surface area contributed by atoms with Gasteiger partial charge in [0.15, 0.2) is 9.84 Å². The smallest absolute Gasteiger partial charge is 0.264 e. The number of sulfone groups is 1. The second kappa shape index (κ2) is 13.1. The topological polar surface area (TPSA) is 215 Å². The van der Waals surface area contributed by atoms with Crippen molar-refractivity contribution in [2.75, 3.05) is 45.4 Å². The summed E-state index contributed by atoms with van der Waals surface area (Å²) < 4.78 is 92.9. The van der Waals surface area contributed by atoms with Crippen molar-refractivity contribution in [2.45, 2.75) is 35.8 Å². The number of benzene rings is 3. The van der Waals surface area contributed by atoms with Gasteiger partial charge >= 0.3 is 0 Å². The number of hydrogen-bond acceptors (Lipinski definition) is 11. The first-order valence-electron chi connectivity index (χ1n) is 13.4. The van der Waals surface area contributed by atoms with Crippen molar-refractivity contribution in [3.05, 3.63) is 60.7 Å². The molecule has 3 aromatic rings. The lowest BCUT2D eigenvalue weighted by atomic mass is 10.2. The molecule has 1 saturated heterocycles. The van der Waals surface area contributed by atoms with Gasteiger partial charge in [-0.05, 0) is 60.7 Å². The van der Waals surface area contributed by atoms with E-state index in [1.54, 1.807) is 0 Å². The van der Waals surface area contributed by atoms with E-state index >= 15 is 0 Å². The molecule has 46 heavy (non-hydrogen) atoms. The molecule has 0 spiro atoms. The van der Waals surface area contributed by atoms with Gasteiger partial charge in [-0.3, -0.25) is 18.6 Å². The van der Waals surface area contributed by atoms with Gasteiger partial charge in [0.25, 0.3) is 20.0 Å². The van der Waals surface area contributed by atoms with Crippen LogP contribution in [0.1, 0.15) is 13.8 Å². The summed E-state index contributed by atoms with van der Waals surface area (Å²) in [6.45, 7) is 2.47. The van der Waals surface area contributed by atoms with Crippen LogP contribution in [0.5, 0.6) is 11.5 Å². The van der Waals surface area contributed by atoms with Crippen molar-refractivity contribution in [1.29, 1.82) is 0 Å². The van der Waals surface area contributed by atoms with Gasteiger partial charge in [-0.1, -0.05) is 0 Å². The predicted molar refractivity (Wildman–Crippen MR) is 170 cm³/mol. The first-order chi connectivity index (χ1) is 21.5. The normalized spacial score (nSPS) is 17.5. The maximum atomic E-state index is 14.1. The van der Waals surface area contributed by atoms with Gasteiger partial charge in [0.05, 0.1) is 64.7 Å². The number of methoxy groups -OCH3 is 2. The van der Waals surface area contributed by atoms with E-state index in [-0.39, 0.29) is 44.0 Å². The van der Waals surface area contributed by atoms with E-state index in [0.29, 0.717) is 0 Å². The second-order valence-corrected chi connectivity index (χ2v) is 15.9. The summed E-state index contributed by atoms with van der Waals surface area (Å²) in [6, 6.07) is 11.1. The average molecular weight is 697 g/mol. The monoisotopic (exact) mass is 696 g/mol. The summed E-state index contributed by atoms with van der Waals surface area (Å²) in [7, 11) is -9.95. The SMILES string of the molecule is COc1ccc(S(=O)(=O)Nc2ccc(N([C@@H]3CS(=O)(=O)C[C@H]3O)S(=O)(=O)c3ccc(OC)c(NC(C)=O)c3)cc2)cc1NC(C)=O. The average Bonchev–Trinajstić information content (AvgIpc) is 3.24. The number of ether oxygens (including phenoxy) is 2. The van der Waals surface area contributed by atoms with Crippen LogP contribution in [-0.4, -0.2) is 80.0 Å². The van der Waals surface area contributed by atoms with Gasteiger partial charge in [-0.25, -0.2) is 25.3 Å². The maximum absolute atomic E-state index is 14.1. The Morgan fingerprint density at radius 2 is 1.30 bits per heavy atom. The number of carbonyl (C=O) groups is 2. The Morgan fingerprint density at radius 1 is 0.804 bits per heavy atom. The number of sulfonamides is 2. The van der Waals surface area contributed by atoms with Crippen molar-refractivity contribution in [2.24, 2.45) is 0 Å². The Bertz CT molecular complexity index is 1980. The zero-order valence-corrected chi connectivity index (χ0v) is 27.5. The number of hydrogen-bond donors (Lipinski definition) is 4. The fourth-order valence-electron chi connectivity index (χ4n) is 4.82. The molecule has 0 aromatic heterocycles. The number of rotatable bonds is 11. The highest BCUT2D eigenvalue weighted by Crippen LogP contribution is 2.35. The minimum absolute atomic E-state index is 0.0231. The quantitative estimate of drug-likeness (QED) is 0.227. The van der Waals surface area contributed by atoms with Crippen molar-refractivity contribution in [1.82, 2.24) is 0 Å². The third-order valence-corrected chi connectivity index (χ3v) is 11.7. The molecule has 15 nitrogen and oxygen atoms in total. The van der Waals surface area contributed by atoms with E-state index in [1.165, 1.54) is 82.7 Å². The summed E-state index contributed by atoms with van der Waals surface area (Å²) in [5.74, 6) is -1.88. The summed E-state index contributed by atoms with van der Waals surface area (Å²) >= 11 is 0. The molecule has 3 aromatic carbocycles. The Morgan fingerprint density at radius 3 is 1.76 bits per heavy atom. The number of nitrogens with one attached hydrogen (secondary N) is 3. The molecular weight excluding hydrogens is 665 g/mol. The summed E-state index contributed by atoms with van der Waals surface area (Å²) in [5.41, 5.74) is 0.119. The largest absolute Gasteiger partial charge is 0.495 e. The molecular formula is C28H32N4O11S3. The molecule has 1 aliphatic rings. The lowest BCUT2D eigenvalue weighted by molar-refractivity contribution is -0.115. The fourth-order valence-corrected chi connectivity index (χ4v) is 9.48. The molecule has 18 heteroatoms. The Balaban J connectivity index is 1.73. The van der Waals surface area contributed by atoms with Crippen molar-refractivity contribution < 1.29 is 49.4 Å². The predicted octanol–water partition coefficient (Wildman–Crippen LogP) is 1.77. The Kier molecular flexibility index (Phi) is 9.86. The van der Waals surface area contributed by atoms with Gasteiger partial charge < -0.3 is 25.2 Å². The molecule has 4 N–H and O–H groups in total. The van der Waals surface area contributed by atoms with Crippen LogP contribution in [-0.2, 0) is 39.5 Å². The molecule has 1 fully saturated rings. The standard InChI is InChI=1S/C28H32N4O11S3/c1-17(33)29-23-13-21(9-11-27(23)42-3)45(38,39)31-19-5-7-20(8-6-19)32(25-15-44(36,37)16-26(25)35)46(40,41)22-10-12-28(43-4)24(14-22)30-18(2)34/h5-14,25-26,31,35H,15-16H2,1-4H3,(H,29,33)(H,30,34)/t25-,26-/m1/s1. The highest BCUT2D eigenvalue weighted by atomic mass is 32.2. The van der Waals surface area contributed by atoms with Crippen molar-refractivity contribution in [3.63, 3.8) is 0 Å². The van der Waals surface area contributed by atoms with E-state index in [9.17, 15) is 39.9 Å². The van der Waals surface area contributed by atoms with Gasteiger partial charge in [-0.15, -0.1) is 0 Å². The van der Waals surface area contributed by atoms with Gasteiger partial charge in [0, 0.05) is 19.5 Å². The minimum atomic E-state index is -4.60. The van der Waals surface area contributed by atoms with Gasteiger partial charge in [0.2, 0.25) is 11.8 Å². The lowest BCUT2D eigenvalue weighted by Gasteiger charge is -2.31. The van der Waals surface area contributed by atoms with Crippen LogP contribution in [0.4, 0.5) is 22.7 Å². The first kappa shape index (κ1) is 34.5. The first-order valence-corrected chi connectivity index (χ1v) is 18.2. The van der Waals surface area contributed by atoms with Gasteiger partial charge in [0.1, 0.15) is 11.5 Å². The number of anilines is 4. The highest BCUT2D eigenvalue weighted by molar-refractivity contribution is 7.93. The number of nitrogens with zero attached hydrogens (tertiary/aromatic N) is 1. The number of amides is 2. The molecule has 1 aliphatic heterocycles. The Labute approximate surface area is 266 Å². The zero-order chi connectivity index (χ0) is 34.0. The summed E-state index contributed by atoms with van der Waals surface area (Å²) in [5, 5.41) is 15.7. The highest BCUT2D eigenvalue weighted by Gasteiger charge is 2.45. The maximum Gasteiger partial charge on any atom is 0.264 e. The van der Waals surface area contributed by atoms with E-state index in [4.69, 9.17) is 9.47 Å². The Hall–Kier alpha value is -4.39. The van der Waals surface area contributed by atoms with E-state index in [1.807, 2.05) is 0 Å². The molecule has 1 heterocycles. The summed E-state index contributed by atoms with van der Waals surface area (Å²) in [4.78, 5) is 22.8. The fraction of sp³-hybridized carbons (Fsp3) is 0.286. The van der Waals surface area contributed by atoms with E-state index in [0.717, 1.165) is 10.4 Å². The van der Waals surface area contributed by atoms with Gasteiger partial charge in [-0.2, -0.15) is 0 Å². The van der Waals surface area contributed by atoms with Crippen molar-refractivity contribution >= 4 is 64.4 Å². The molecule has 2 amide bonds. The number of aliphatic hydroxyl groups excluding tert-OH is 1. The minimum Gasteiger partial charge on any atom is -0.495 e. The molecule has 0 radical (unpaired) electrons. The molecule has 0 saturated carbocycles. The third kappa shape index (κ3) is 7.52. The van der Waals surface area contributed by atoms with Crippen LogP contribution in [0, 0.1) is 0 Å². The van der Waals surface area contributed by atoms with Crippen LogP contribution < -0.4 is 29.1 Å². The van der Waals surface area contributed by atoms with Crippen LogP contribution >= 0.6 is 0 Å². The van der Waals surface area contributed by atoms with Crippen LogP contribution in [0.2, 0.25) is 0 Å². The molecule has 0 bridgehead atoms. The zero-order valence-electron chi connectivity index (χ0n) is 25.0. The number of carbonyl (C=O) groups excluding carboxylic acids is 2. The second-order valence-electron chi connectivity index (χ2n) is 10.3.